The highest BCUT2D eigenvalue weighted by Crippen LogP contribution is 2.18. The lowest BCUT2D eigenvalue weighted by Gasteiger charge is -2.25. The highest BCUT2D eigenvalue weighted by atomic mass is 35.5. The van der Waals surface area contributed by atoms with E-state index in [1.54, 1.807) is 6.07 Å². The van der Waals surface area contributed by atoms with E-state index < -0.39 is 6.10 Å². The zero-order valence-corrected chi connectivity index (χ0v) is 12.3. The Bertz CT molecular complexity index is 430. The molecular weight excluding hydrogens is 264 g/mol. The third-order valence-electron chi connectivity index (χ3n) is 2.85. The normalized spacial score (nSPS) is 12.9. The van der Waals surface area contributed by atoms with Crippen molar-refractivity contribution in [3.8, 4) is 0 Å². The Morgan fingerprint density at radius 2 is 1.95 bits per heavy atom. The smallest absolute Gasteiger partial charge is 0.315 e. The van der Waals surface area contributed by atoms with E-state index in [0.29, 0.717) is 11.6 Å². The van der Waals surface area contributed by atoms with Gasteiger partial charge in [-0.15, -0.1) is 0 Å². The van der Waals surface area contributed by atoms with Crippen LogP contribution in [-0.4, -0.2) is 23.8 Å². The first kappa shape index (κ1) is 15.8. The number of urea groups is 1. The summed E-state index contributed by atoms with van der Waals surface area (Å²) in [4.78, 5) is 11.6. The number of rotatable bonds is 4. The van der Waals surface area contributed by atoms with Crippen LogP contribution in [0.4, 0.5) is 4.79 Å². The Balaban J connectivity index is 2.35. The highest BCUT2D eigenvalue weighted by molar-refractivity contribution is 6.31. The van der Waals surface area contributed by atoms with Gasteiger partial charge in [0.2, 0.25) is 0 Å². The van der Waals surface area contributed by atoms with Crippen LogP contribution in [0.1, 0.15) is 26.3 Å². The van der Waals surface area contributed by atoms with Crippen LogP contribution in [0.2, 0.25) is 5.02 Å². The average Bonchev–Trinajstić information content (AvgIpc) is 2.33. The number of hydrogen-bond acceptors (Lipinski definition) is 2. The molecule has 0 heterocycles. The van der Waals surface area contributed by atoms with Crippen LogP contribution in [-0.2, 0) is 6.54 Å². The van der Waals surface area contributed by atoms with Crippen LogP contribution in [0.15, 0.2) is 24.3 Å². The molecule has 0 bridgehead atoms. The minimum atomic E-state index is -0.585. The Morgan fingerprint density at radius 1 is 1.32 bits per heavy atom. The molecule has 1 atom stereocenters. The summed E-state index contributed by atoms with van der Waals surface area (Å²) in [6.45, 7) is 6.33. The van der Waals surface area contributed by atoms with E-state index in [2.05, 4.69) is 10.6 Å². The fourth-order valence-corrected chi connectivity index (χ4v) is 1.58. The summed E-state index contributed by atoms with van der Waals surface area (Å²) >= 11 is 5.98. The van der Waals surface area contributed by atoms with Crippen molar-refractivity contribution in [3.05, 3.63) is 34.9 Å². The lowest BCUT2D eigenvalue weighted by atomic mass is 9.89. The second kappa shape index (κ2) is 6.78. The van der Waals surface area contributed by atoms with Crippen LogP contribution < -0.4 is 10.6 Å². The van der Waals surface area contributed by atoms with E-state index in [9.17, 15) is 9.90 Å². The van der Waals surface area contributed by atoms with Gasteiger partial charge in [-0.25, -0.2) is 4.79 Å². The molecule has 1 aromatic rings. The number of amides is 2. The number of halogens is 1. The lowest BCUT2D eigenvalue weighted by Crippen LogP contribution is -2.43. The second-order valence-electron chi connectivity index (χ2n) is 5.54. The summed E-state index contributed by atoms with van der Waals surface area (Å²) in [7, 11) is 0. The summed E-state index contributed by atoms with van der Waals surface area (Å²) in [5, 5.41) is 15.8. The number of benzene rings is 1. The molecule has 0 saturated heterocycles. The number of aliphatic hydroxyl groups is 1. The third-order valence-corrected chi connectivity index (χ3v) is 3.22. The predicted molar refractivity (Wildman–Crippen MR) is 77.2 cm³/mol. The molecular formula is C14H21ClN2O2. The van der Waals surface area contributed by atoms with E-state index in [0.717, 1.165) is 5.56 Å². The molecule has 1 rings (SSSR count). The molecule has 2 amide bonds. The summed E-state index contributed by atoms with van der Waals surface area (Å²) in [5.41, 5.74) is 0.603. The summed E-state index contributed by atoms with van der Waals surface area (Å²) < 4.78 is 0. The average molecular weight is 285 g/mol. The van der Waals surface area contributed by atoms with Crippen molar-refractivity contribution >= 4 is 17.6 Å². The van der Waals surface area contributed by atoms with Crippen LogP contribution in [0.3, 0.4) is 0 Å². The van der Waals surface area contributed by atoms with E-state index >= 15 is 0 Å². The van der Waals surface area contributed by atoms with E-state index in [1.165, 1.54) is 0 Å². The van der Waals surface area contributed by atoms with Gasteiger partial charge in [-0.3, -0.25) is 0 Å². The highest BCUT2D eigenvalue weighted by Gasteiger charge is 2.22. The molecule has 0 spiro atoms. The van der Waals surface area contributed by atoms with Crippen molar-refractivity contribution in [2.45, 2.75) is 33.4 Å². The van der Waals surface area contributed by atoms with Crippen molar-refractivity contribution in [1.82, 2.24) is 10.6 Å². The minimum Gasteiger partial charge on any atom is -0.391 e. The molecule has 0 aliphatic heterocycles. The Kier molecular flexibility index (Phi) is 5.63. The summed E-state index contributed by atoms with van der Waals surface area (Å²) in [6.07, 6.45) is -0.585. The van der Waals surface area contributed by atoms with Gasteiger partial charge in [-0.05, 0) is 17.0 Å². The molecule has 0 radical (unpaired) electrons. The molecule has 1 aromatic carbocycles. The lowest BCUT2D eigenvalue weighted by molar-refractivity contribution is 0.0650. The van der Waals surface area contributed by atoms with E-state index in [1.807, 2.05) is 39.0 Å². The van der Waals surface area contributed by atoms with Crippen molar-refractivity contribution < 1.29 is 9.90 Å². The van der Waals surface area contributed by atoms with Crippen LogP contribution in [0.25, 0.3) is 0 Å². The maximum atomic E-state index is 11.6. The van der Waals surface area contributed by atoms with Crippen molar-refractivity contribution in [1.29, 1.82) is 0 Å². The Labute approximate surface area is 119 Å². The number of carbonyl (C=O) groups is 1. The van der Waals surface area contributed by atoms with Crippen LogP contribution in [0, 0.1) is 5.41 Å². The van der Waals surface area contributed by atoms with Crippen molar-refractivity contribution in [2.24, 2.45) is 5.41 Å². The molecule has 106 valence electrons. The van der Waals surface area contributed by atoms with Crippen LogP contribution >= 0.6 is 11.6 Å². The predicted octanol–water partition coefficient (Wildman–Crippen LogP) is 2.55. The summed E-state index contributed by atoms with van der Waals surface area (Å²) in [6, 6.07) is 7.02. The van der Waals surface area contributed by atoms with Crippen LogP contribution in [0.5, 0.6) is 0 Å². The monoisotopic (exact) mass is 284 g/mol. The number of aliphatic hydroxyl groups excluding tert-OH is 1. The number of hydrogen-bond donors (Lipinski definition) is 3. The zero-order chi connectivity index (χ0) is 14.5. The fourth-order valence-electron chi connectivity index (χ4n) is 1.38. The fraction of sp³-hybridized carbons (Fsp3) is 0.500. The third kappa shape index (κ3) is 5.49. The molecule has 0 aromatic heterocycles. The molecule has 19 heavy (non-hydrogen) atoms. The molecule has 0 fully saturated rings. The molecule has 0 aliphatic rings. The van der Waals surface area contributed by atoms with Gasteiger partial charge in [0, 0.05) is 18.1 Å². The first-order valence-electron chi connectivity index (χ1n) is 6.24. The van der Waals surface area contributed by atoms with Gasteiger partial charge >= 0.3 is 6.03 Å². The summed E-state index contributed by atoms with van der Waals surface area (Å²) in [5.74, 6) is 0. The van der Waals surface area contributed by atoms with Gasteiger partial charge < -0.3 is 15.7 Å². The van der Waals surface area contributed by atoms with Gasteiger partial charge in [-0.1, -0.05) is 50.6 Å². The van der Waals surface area contributed by atoms with Gasteiger partial charge in [0.15, 0.2) is 0 Å². The number of carbonyl (C=O) groups excluding carboxylic acids is 1. The van der Waals surface area contributed by atoms with Gasteiger partial charge in [0.25, 0.3) is 0 Å². The molecule has 0 saturated carbocycles. The standard InChI is InChI=1S/C14H21ClN2O2/c1-14(2,3)12(18)9-17-13(19)16-8-10-6-4-5-7-11(10)15/h4-7,12,18H,8-9H2,1-3H3,(H2,16,17,19). The first-order valence-corrected chi connectivity index (χ1v) is 6.61. The Morgan fingerprint density at radius 3 is 2.53 bits per heavy atom. The van der Waals surface area contributed by atoms with E-state index in [4.69, 9.17) is 11.6 Å². The topological polar surface area (TPSA) is 61.4 Å². The maximum Gasteiger partial charge on any atom is 0.315 e. The minimum absolute atomic E-state index is 0.220. The molecule has 1 unspecified atom stereocenters. The molecule has 4 nitrogen and oxygen atoms in total. The maximum absolute atomic E-state index is 11.6. The molecule has 0 aliphatic carbocycles. The molecule has 5 heteroatoms. The zero-order valence-electron chi connectivity index (χ0n) is 11.5. The van der Waals surface area contributed by atoms with Gasteiger partial charge in [0.1, 0.15) is 0 Å². The first-order chi connectivity index (χ1) is 8.80. The number of nitrogens with one attached hydrogen (secondary N) is 2. The van der Waals surface area contributed by atoms with Crippen molar-refractivity contribution in [2.75, 3.05) is 6.54 Å². The largest absolute Gasteiger partial charge is 0.391 e. The Hall–Kier alpha value is -1.26. The SMILES string of the molecule is CC(C)(C)C(O)CNC(=O)NCc1ccccc1Cl. The quantitative estimate of drug-likeness (QED) is 0.796. The van der Waals surface area contributed by atoms with E-state index in [-0.39, 0.29) is 18.0 Å². The van der Waals surface area contributed by atoms with Crippen molar-refractivity contribution in [3.63, 3.8) is 0 Å². The van der Waals surface area contributed by atoms with Gasteiger partial charge in [-0.2, -0.15) is 0 Å². The van der Waals surface area contributed by atoms with Gasteiger partial charge in [0.05, 0.1) is 6.10 Å². The second-order valence-corrected chi connectivity index (χ2v) is 5.94. The molecule has 3 N–H and O–H groups in total.